The van der Waals surface area contributed by atoms with Crippen LogP contribution in [-0.2, 0) is 0 Å². The molecule has 3 aromatic carbocycles. The minimum atomic E-state index is -0.568. The number of ether oxygens (including phenoxy) is 3. The first-order chi connectivity index (χ1) is 15.0. The van der Waals surface area contributed by atoms with E-state index in [4.69, 9.17) is 25.8 Å². The highest BCUT2D eigenvalue weighted by Crippen LogP contribution is 2.27. The first-order valence-corrected chi connectivity index (χ1v) is 9.52. The quantitative estimate of drug-likeness (QED) is 0.256. The smallest absolute Gasteiger partial charge is 0.345 e. The Morgan fingerprint density at radius 3 is 2.45 bits per heavy atom. The Bertz CT molecular complexity index is 1130. The minimum Gasteiger partial charge on any atom is -0.493 e. The molecule has 0 bridgehead atoms. The number of esters is 1. The molecule has 0 aromatic heterocycles. The number of carbonyl (C=O) groups excluding carboxylic acids is 2. The van der Waals surface area contributed by atoms with E-state index in [0.29, 0.717) is 33.4 Å². The molecule has 0 spiro atoms. The molecule has 0 atom stereocenters. The summed E-state index contributed by atoms with van der Waals surface area (Å²) < 4.78 is 15.7. The minimum absolute atomic E-state index is 0.269. The molecule has 0 fully saturated rings. The van der Waals surface area contributed by atoms with Gasteiger partial charge in [-0.1, -0.05) is 35.9 Å². The maximum atomic E-state index is 12.3. The maximum absolute atomic E-state index is 12.3. The zero-order chi connectivity index (χ0) is 22.2. The van der Waals surface area contributed by atoms with Gasteiger partial charge < -0.3 is 14.2 Å². The summed E-state index contributed by atoms with van der Waals surface area (Å²) in [6, 6.07) is 18.1. The van der Waals surface area contributed by atoms with Gasteiger partial charge in [0.2, 0.25) is 0 Å². The van der Waals surface area contributed by atoms with E-state index in [1.54, 1.807) is 66.7 Å². The average molecular weight is 439 g/mol. The lowest BCUT2D eigenvalue weighted by molar-refractivity contribution is 0.0734. The summed E-state index contributed by atoms with van der Waals surface area (Å²) in [5.74, 6) is 0.290. The highest BCUT2D eigenvalue weighted by Gasteiger charge is 2.12. The van der Waals surface area contributed by atoms with Crippen LogP contribution in [0.3, 0.4) is 0 Å². The largest absolute Gasteiger partial charge is 0.493 e. The number of hydrazone groups is 1. The van der Waals surface area contributed by atoms with Crippen molar-refractivity contribution in [1.29, 1.82) is 0 Å². The first kappa shape index (κ1) is 21.9. The van der Waals surface area contributed by atoms with Crippen LogP contribution < -0.4 is 19.6 Å². The molecule has 7 nitrogen and oxygen atoms in total. The molecule has 0 heterocycles. The van der Waals surface area contributed by atoms with Crippen molar-refractivity contribution in [3.8, 4) is 17.2 Å². The fourth-order valence-corrected chi connectivity index (χ4v) is 2.87. The molecule has 1 amide bonds. The zero-order valence-corrected chi connectivity index (χ0v) is 17.6. The van der Waals surface area contributed by atoms with E-state index in [2.05, 4.69) is 10.5 Å². The molecular formula is C23H19ClN2O5. The van der Waals surface area contributed by atoms with Crippen molar-refractivity contribution < 1.29 is 23.8 Å². The lowest BCUT2D eigenvalue weighted by Gasteiger charge is -2.08. The number of rotatable bonds is 7. The molecule has 3 rings (SSSR count). The van der Waals surface area contributed by atoms with Crippen LogP contribution in [0.15, 0.2) is 71.8 Å². The number of methoxy groups -OCH3 is 2. The van der Waals surface area contributed by atoms with Crippen LogP contribution in [0.2, 0.25) is 5.02 Å². The van der Waals surface area contributed by atoms with Crippen LogP contribution >= 0.6 is 11.6 Å². The van der Waals surface area contributed by atoms with Gasteiger partial charge in [0.05, 0.1) is 31.0 Å². The summed E-state index contributed by atoms with van der Waals surface area (Å²) >= 11 is 6.02. The second kappa shape index (κ2) is 10.3. The van der Waals surface area contributed by atoms with Crippen molar-refractivity contribution in [2.75, 3.05) is 14.2 Å². The van der Waals surface area contributed by atoms with E-state index in [0.717, 1.165) is 0 Å². The topological polar surface area (TPSA) is 86.2 Å². The number of nitrogens with one attached hydrogen (secondary N) is 1. The number of carbonyl (C=O) groups is 2. The maximum Gasteiger partial charge on any atom is 0.345 e. The number of benzene rings is 3. The number of amides is 1. The second-order valence-corrected chi connectivity index (χ2v) is 6.62. The Kier molecular flexibility index (Phi) is 7.24. The van der Waals surface area contributed by atoms with Gasteiger partial charge in [-0.3, -0.25) is 4.79 Å². The van der Waals surface area contributed by atoms with Crippen molar-refractivity contribution in [2.24, 2.45) is 5.10 Å². The molecule has 0 saturated heterocycles. The predicted octanol–water partition coefficient (Wildman–Crippen LogP) is 4.34. The van der Waals surface area contributed by atoms with Gasteiger partial charge >= 0.3 is 5.97 Å². The van der Waals surface area contributed by atoms with Crippen LogP contribution in [0.1, 0.15) is 26.3 Å². The third-order valence-corrected chi connectivity index (χ3v) is 4.52. The molecule has 0 aliphatic rings. The molecule has 3 aromatic rings. The van der Waals surface area contributed by atoms with Crippen LogP contribution in [0.4, 0.5) is 0 Å². The third-order valence-electron chi connectivity index (χ3n) is 4.19. The summed E-state index contributed by atoms with van der Waals surface area (Å²) in [4.78, 5) is 24.6. The van der Waals surface area contributed by atoms with Crippen LogP contribution in [0.5, 0.6) is 17.2 Å². The van der Waals surface area contributed by atoms with Crippen molar-refractivity contribution >= 4 is 29.7 Å². The molecule has 0 unspecified atom stereocenters. The third kappa shape index (κ3) is 5.61. The number of halogens is 1. The van der Waals surface area contributed by atoms with Gasteiger partial charge in [0.1, 0.15) is 5.75 Å². The Labute approximate surface area is 184 Å². The Hall–Kier alpha value is -3.84. The van der Waals surface area contributed by atoms with E-state index in [-0.39, 0.29) is 5.56 Å². The predicted molar refractivity (Wildman–Crippen MR) is 117 cm³/mol. The highest BCUT2D eigenvalue weighted by atomic mass is 35.5. The van der Waals surface area contributed by atoms with E-state index in [9.17, 15) is 9.59 Å². The molecule has 158 valence electrons. The summed E-state index contributed by atoms with van der Waals surface area (Å²) in [6.45, 7) is 0. The monoisotopic (exact) mass is 438 g/mol. The van der Waals surface area contributed by atoms with Gasteiger partial charge in [-0.2, -0.15) is 5.10 Å². The Balaban J connectivity index is 1.65. The SMILES string of the molecule is COc1ccc(C(=O)N/N=C/c2cccc(OC(=O)c3ccccc3Cl)c2)cc1OC. The lowest BCUT2D eigenvalue weighted by atomic mass is 10.2. The molecular weight excluding hydrogens is 420 g/mol. The molecule has 0 aliphatic heterocycles. The Morgan fingerprint density at radius 1 is 0.935 bits per heavy atom. The van der Waals surface area contributed by atoms with Crippen LogP contribution in [0.25, 0.3) is 0 Å². The van der Waals surface area contributed by atoms with Crippen molar-refractivity contribution in [1.82, 2.24) is 5.43 Å². The van der Waals surface area contributed by atoms with E-state index >= 15 is 0 Å². The molecule has 1 N–H and O–H groups in total. The number of hydrogen-bond acceptors (Lipinski definition) is 6. The summed E-state index contributed by atoms with van der Waals surface area (Å²) in [5.41, 5.74) is 3.69. The summed E-state index contributed by atoms with van der Waals surface area (Å²) in [6.07, 6.45) is 1.44. The normalized spacial score (nSPS) is 10.5. The lowest BCUT2D eigenvalue weighted by Crippen LogP contribution is -2.17. The van der Waals surface area contributed by atoms with Gasteiger partial charge in [-0.25, -0.2) is 10.2 Å². The van der Waals surface area contributed by atoms with E-state index < -0.39 is 11.9 Å². The van der Waals surface area contributed by atoms with Crippen LogP contribution in [-0.4, -0.2) is 32.3 Å². The number of nitrogens with zero attached hydrogens (tertiary/aromatic N) is 1. The molecule has 0 radical (unpaired) electrons. The van der Waals surface area contributed by atoms with E-state index in [1.165, 1.54) is 20.4 Å². The zero-order valence-electron chi connectivity index (χ0n) is 16.8. The van der Waals surface area contributed by atoms with Crippen molar-refractivity contribution in [3.63, 3.8) is 0 Å². The van der Waals surface area contributed by atoms with Crippen LogP contribution in [0, 0.1) is 0 Å². The van der Waals surface area contributed by atoms with Gasteiger partial charge in [0.15, 0.2) is 11.5 Å². The summed E-state index contributed by atoms with van der Waals surface area (Å²) in [7, 11) is 3.00. The molecule has 31 heavy (non-hydrogen) atoms. The fraction of sp³-hybridized carbons (Fsp3) is 0.0870. The van der Waals surface area contributed by atoms with Gasteiger partial charge in [0, 0.05) is 5.56 Å². The average Bonchev–Trinajstić information content (AvgIpc) is 2.79. The van der Waals surface area contributed by atoms with Crippen molar-refractivity contribution in [2.45, 2.75) is 0 Å². The Morgan fingerprint density at radius 2 is 1.71 bits per heavy atom. The highest BCUT2D eigenvalue weighted by molar-refractivity contribution is 6.33. The second-order valence-electron chi connectivity index (χ2n) is 6.21. The molecule has 8 heteroatoms. The number of hydrogen-bond donors (Lipinski definition) is 1. The standard InChI is InChI=1S/C23H19ClN2O5/c1-29-20-11-10-16(13-21(20)30-2)22(27)26-25-14-15-6-5-7-17(12-15)31-23(28)18-8-3-4-9-19(18)24/h3-14H,1-2H3,(H,26,27)/b25-14+. The summed E-state index contributed by atoms with van der Waals surface area (Å²) in [5, 5.41) is 4.26. The van der Waals surface area contributed by atoms with Gasteiger partial charge in [-0.05, 0) is 48.0 Å². The van der Waals surface area contributed by atoms with E-state index in [1.807, 2.05) is 0 Å². The van der Waals surface area contributed by atoms with Gasteiger partial charge in [-0.15, -0.1) is 0 Å². The molecule has 0 saturated carbocycles. The fourth-order valence-electron chi connectivity index (χ4n) is 2.65. The van der Waals surface area contributed by atoms with Crippen molar-refractivity contribution in [3.05, 3.63) is 88.4 Å². The first-order valence-electron chi connectivity index (χ1n) is 9.14. The molecule has 0 aliphatic carbocycles. The van der Waals surface area contributed by atoms with Gasteiger partial charge in [0.25, 0.3) is 5.91 Å².